The molecule has 0 aliphatic rings. The quantitative estimate of drug-likeness (QED) is 0.0208. The Morgan fingerprint density at radius 1 is 0.467 bits per heavy atom. The van der Waals surface area contributed by atoms with E-state index < -0.39 is 138 Å². The number of nitrogens with one attached hydrogen (secondary N) is 2. The molecule has 2 aromatic heterocycles. The molecule has 2 heterocycles. The van der Waals surface area contributed by atoms with Crippen molar-refractivity contribution in [1.82, 2.24) is 15.0 Å². The molecule has 0 fully saturated rings. The second-order valence-electron chi connectivity index (χ2n) is 23.3. The molecule has 0 bridgehead atoms. The minimum Gasteiger partial charge on any atom is -0.480 e. The number of aliphatic carboxylic acids is 11. The van der Waals surface area contributed by atoms with E-state index in [1.807, 2.05) is 94.7 Å². The van der Waals surface area contributed by atoms with E-state index in [0.29, 0.717) is 50.3 Å². The number of H-pyrrole nitrogens is 2. The Kier molecular flexibility index (Phi) is 66.0. The fourth-order valence-electron chi connectivity index (χ4n) is 6.28. The number of para-hydroxylation sites is 1. The van der Waals surface area contributed by atoms with Gasteiger partial charge in [0.1, 0.15) is 66.5 Å². The fraction of sp³-hybridized carbons (Fsp3) is 0.562. The first kappa shape index (κ1) is 108. The molecule has 0 unspecified atom stereocenters. The van der Waals surface area contributed by atoms with Crippen molar-refractivity contribution in [2.75, 3.05) is 30.1 Å². The van der Waals surface area contributed by atoms with Crippen molar-refractivity contribution in [2.45, 2.75) is 179 Å². The number of unbranched alkanes of at least 4 members (excludes halogenated alkanes) is 1. The maximum Gasteiger partial charge on any atom is 0.323 e. The molecule has 0 saturated carbocycles. The minimum absolute atomic E-state index is 0.0208. The van der Waals surface area contributed by atoms with Crippen molar-refractivity contribution in [3.63, 3.8) is 0 Å². The highest BCUT2D eigenvalue weighted by Crippen LogP contribution is 2.22. The molecule has 41 heteroatoms. The monoisotopic (exact) mass is 1560 g/mol. The van der Waals surface area contributed by atoms with Crippen LogP contribution in [0.15, 0.2) is 73.3 Å². The first-order valence-corrected chi connectivity index (χ1v) is 36.0. The number of nitrogens with zero attached hydrogens (tertiary/aromatic N) is 1. The molecule has 105 heavy (non-hydrogen) atoms. The number of hydrogen-bond acceptors (Lipinski definition) is 28. The zero-order valence-electron chi connectivity index (χ0n) is 60.2. The number of aromatic amines is 2. The molecule has 0 aliphatic carbocycles. The fourth-order valence-corrected chi connectivity index (χ4v) is 9.00. The van der Waals surface area contributed by atoms with Crippen molar-refractivity contribution in [3.05, 3.63) is 90.1 Å². The number of carbonyl (C=O) groups is 11. The molecule has 0 spiro atoms. The van der Waals surface area contributed by atoms with E-state index in [4.69, 9.17) is 130 Å². The van der Waals surface area contributed by atoms with Gasteiger partial charge in [-0.1, -0.05) is 125 Å². The van der Waals surface area contributed by atoms with E-state index in [2.05, 4.69) is 15.0 Å². The Hall–Kier alpha value is -8.11. The predicted octanol–water partition coefficient (Wildman–Crippen LogP) is -0.280. The number of carboxylic acids is 11. The lowest BCUT2D eigenvalue weighted by Gasteiger charge is -2.11. The van der Waals surface area contributed by atoms with Crippen LogP contribution in [0.5, 0.6) is 0 Å². The van der Waals surface area contributed by atoms with Crippen molar-refractivity contribution in [3.8, 4) is 0 Å². The molecule has 0 radical (unpaired) electrons. The molecule has 0 amide bonds. The Morgan fingerprint density at radius 3 is 1.20 bits per heavy atom. The number of imidazole rings is 1. The van der Waals surface area contributed by atoms with Gasteiger partial charge in [0, 0.05) is 47.6 Å². The lowest BCUT2D eigenvalue weighted by molar-refractivity contribution is -0.141. The van der Waals surface area contributed by atoms with E-state index >= 15 is 0 Å². The topological polar surface area (TPSA) is 787 Å². The molecule has 4 aromatic rings. The average molecular weight is 1560 g/mol. The zero-order valence-corrected chi connectivity index (χ0v) is 62.7. The van der Waals surface area contributed by atoms with E-state index in [9.17, 15) is 52.7 Å². The third-order valence-corrected chi connectivity index (χ3v) is 16.3. The normalized spacial score (nSPS) is 13.9. The number of aromatic nitrogens is 3. The molecule has 602 valence electrons. The van der Waals surface area contributed by atoms with Crippen LogP contribution in [-0.2, 0) is 72.0 Å². The second kappa shape index (κ2) is 64.3. The molecule has 2 aromatic carbocycles. The third-order valence-electron chi connectivity index (χ3n) is 13.2. The number of hydrogen-bond donors (Lipinski definition) is 26. The maximum absolute atomic E-state index is 10.6. The summed E-state index contributed by atoms with van der Waals surface area (Å²) in [5, 5.41) is 102. The highest BCUT2D eigenvalue weighted by molar-refractivity contribution is 8.76. The van der Waals surface area contributed by atoms with Gasteiger partial charge in [-0.25, -0.2) is 4.98 Å². The molecule has 38 N–H and O–H groups in total. The van der Waals surface area contributed by atoms with Gasteiger partial charge in [0.25, 0.3) is 0 Å². The largest absolute Gasteiger partial charge is 0.480 e. The Balaban J connectivity index is -0.000000261. The molecule has 13 atom stereocenters. The molecular formula is C64H115N15O23S3. The van der Waals surface area contributed by atoms with Gasteiger partial charge in [0.15, 0.2) is 0 Å². The van der Waals surface area contributed by atoms with Gasteiger partial charge in [0.2, 0.25) is 0 Å². The van der Waals surface area contributed by atoms with Crippen LogP contribution in [0.4, 0.5) is 0 Å². The van der Waals surface area contributed by atoms with E-state index in [-0.39, 0.29) is 29.8 Å². The summed E-state index contributed by atoms with van der Waals surface area (Å²) in [4.78, 5) is 122. The minimum atomic E-state index is -1.18. The number of thioether (sulfide) groups is 1. The smallest absolute Gasteiger partial charge is 0.323 e. The van der Waals surface area contributed by atoms with Crippen molar-refractivity contribution < 1.29 is 114 Å². The van der Waals surface area contributed by atoms with Crippen LogP contribution in [0, 0.1) is 17.8 Å². The van der Waals surface area contributed by atoms with Gasteiger partial charge in [-0.3, -0.25) is 52.7 Å². The maximum atomic E-state index is 10.6. The van der Waals surface area contributed by atoms with Crippen molar-refractivity contribution in [1.29, 1.82) is 0 Å². The van der Waals surface area contributed by atoms with E-state index in [1.54, 1.807) is 31.8 Å². The van der Waals surface area contributed by atoms with Gasteiger partial charge in [-0.2, -0.15) is 11.8 Å². The summed E-state index contributed by atoms with van der Waals surface area (Å²) in [7, 11) is 2.41. The lowest BCUT2D eigenvalue weighted by Crippen LogP contribution is -2.39. The SMILES string of the molecule is CC(C)C[C@H](N)C(=O)O.CC(C)[C@H](N)C(=O)O.CC[C@H](C)[C@H](N)C(=O)O.CSCC[C@H](N)C(=O)O.C[C@@H](O)[C@H](N)C(=O)O.NCCCC[C@H](N)C(=O)O.N[C@@H](CSSC[C@H](N)C(=O)O)C(=O)O.N[C@@H](Cc1c[nH]c2ccccc12)C(=O)O.N[C@@H](Cc1c[nH]cn1)C(=O)O.N[C@@H](Cc1ccccc1)C(=O)O. The second-order valence-corrected chi connectivity index (χ2v) is 26.8. The van der Waals surface area contributed by atoms with E-state index in [1.165, 1.54) is 34.8 Å². The van der Waals surface area contributed by atoms with Gasteiger partial charge in [0.05, 0.1) is 18.1 Å². The summed E-state index contributed by atoms with van der Waals surface area (Å²) < 4.78 is 0. The van der Waals surface area contributed by atoms with Crippen LogP contribution < -0.4 is 68.8 Å². The molecule has 38 nitrogen and oxygen atoms in total. The number of aliphatic hydroxyl groups is 1. The van der Waals surface area contributed by atoms with Crippen LogP contribution in [0.25, 0.3) is 10.9 Å². The number of aliphatic hydroxyl groups excluding tert-OH is 1. The van der Waals surface area contributed by atoms with Crippen LogP contribution in [0.3, 0.4) is 0 Å². The summed E-state index contributed by atoms with van der Waals surface area (Å²) >= 11 is 1.60. The lowest BCUT2D eigenvalue weighted by atomic mass is 10.0. The Labute approximate surface area is 621 Å². The van der Waals surface area contributed by atoms with E-state index in [0.717, 1.165) is 47.0 Å². The number of rotatable bonds is 35. The van der Waals surface area contributed by atoms with Crippen LogP contribution in [0.2, 0.25) is 0 Å². The number of nitrogens with two attached hydrogens (primary N) is 12. The zero-order chi connectivity index (χ0) is 82.8. The van der Waals surface area contributed by atoms with Gasteiger partial charge >= 0.3 is 65.7 Å². The molecule has 0 aliphatic heterocycles. The van der Waals surface area contributed by atoms with Gasteiger partial charge in [-0.15, -0.1) is 0 Å². The third kappa shape index (κ3) is 61.9. The average Bonchev–Trinajstić information content (AvgIpc) is 1.69. The highest BCUT2D eigenvalue weighted by Gasteiger charge is 2.21. The Bertz CT molecular complexity index is 2990. The number of benzene rings is 2. The summed E-state index contributed by atoms with van der Waals surface area (Å²) in [5.74, 6) is -9.14. The first-order chi connectivity index (χ1) is 48.6. The molecule has 4 rings (SSSR count). The number of fused-ring (bicyclic) bond motifs is 1. The summed E-state index contributed by atoms with van der Waals surface area (Å²) in [6.07, 6.45) is 11.0. The van der Waals surface area contributed by atoms with Crippen molar-refractivity contribution >= 4 is 110 Å². The van der Waals surface area contributed by atoms with Gasteiger partial charge < -0.3 is 140 Å². The summed E-state index contributed by atoms with van der Waals surface area (Å²) in [6.45, 7) is 13.1. The Morgan fingerprint density at radius 2 is 0.876 bits per heavy atom. The van der Waals surface area contributed by atoms with Crippen molar-refractivity contribution in [2.24, 2.45) is 86.6 Å². The highest BCUT2D eigenvalue weighted by atomic mass is 33.1. The predicted molar refractivity (Wildman–Crippen MR) is 402 cm³/mol. The number of carboxylic acid groups (broad SMARTS) is 11. The molecular weight excluding hydrogens is 1440 g/mol. The summed E-state index contributed by atoms with van der Waals surface area (Å²) in [5.41, 5.74) is 66.2. The standard InChI is InChI=1S/C11H12N2O2.C9H11NO2.C6H9N3O2.C6H12N2O4S2.C6H14N2O2.2C6H13NO2.C5H11NO2S.C5H11NO2.C4H9NO3/c12-9(11(14)15)5-7-6-13-10-4-2-1-3-8(7)10;10-8(9(11)12)6-7-4-2-1-3-5-7;7-5(6(10)11)1-4-2-8-3-9-4;7-3(5(9)10)1-13-14-2-4(8)6(11)12;7-4-2-1-3-5(8)6(9)10;1-4(2)3-5(7)6(8)9;1-3-4(2)5(7)6(8)9;1-9-3-2-4(6)5(7)8;1-3(2)4(6)5(7)8;1-2(6)3(5)4(7)8/h1-4,6,9,13H,5,12H2,(H,14,15);1-5,8H,6,10H2,(H,11,12);2-3,5H,1,7H2,(H,8,9)(H,10,11);3-4H,1-2,7-8H2,(H,9,10)(H,11,12);5H,1-4,7-8H2,(H,9,10);2*4-5H,3,7H2,1-2H3,(H,8,9);4H,2-3,6H2,1H3,(H,7,8);3-4H,6H2,1-2H3,(H,7,8);2-3,6H,5H2,1H3,(H,7,8)/t9-;8-;5-;3-,4-;2*5-;4-,5-;2*4-;2-,3+/m0000000001/s1. The van der Waals surface area contributed by atoms with Crippen LogP contribution >= 0.6 is 33.3 Å². The summed E-state index contributed by atoms with van der Waals surface area (Å²) in [6, 6.07) is 8.09. The molecule has 0 saturated heterocycles. The van der Waals surface area contributed by atoms with Crippen LogP contribution in [0.1, 0.15) is 104 Å². The van der Waals surface area contributed by atoms with Crippen LogP contribution in [-0.4, -0.2) is 245 Å². The first-order valence-electron chi connectivity index (χ1n) is 32.1. The van der Waals surface area contributed by atoms with Gasteiger partial charge in [-0.05, 0) is 92.5 Å².